The first kappa shape index (κ1) is 13.2. The summed E-state index contributed by atoms with van der Waals surface area (Å²) >= 11 is 1.59. The highest BCUT2D eigenvalue weighted by molar-refractivity contribution is 7.09. The van der Waals surface area contributed by atoms with Gasteiger partial charge in [-0.2, -0.15) is 0 Å². The molecule has 0 radical (unpaired) electrons. The zero-order valence-corrected chi connectivity index (χ0v) is 11.1. The third-order valence-corrected chi connectivity index (χ3v) is 3.06. The van der Waals surface area contributed by atoms with Crippen LogP contribution in [0.5, 0.6) is 0 Å². The largest absolute Gasteiger partial charge is 0.350 e. The van der Waals surface area contributed by atoms with Gasteiger partial charge >= 0.3 is 0 Å². The molecule has 0 fully saturated rings. The summed E-state index contributed by atoms with van der Waals surface area (Å²) in [6.45, 7) is 1.95. The number of rotatable bonds is 5. The van der Waals surface area contributed by atoms with Crippen LogP contribution in [-0.2, 0) is 22.7 Å². The molecule has 2 aromatic rings. The molecule has 0 bridgehead atoms. The minimum atomic E-state index is -0.228. The van der Waals surface area contributed by atoms with Crippen molar-refractivity contribution in [1.29, 1.82) is 0 Å². The Labute approximate surface area is 113 Å². The fourth-order valence-corrected chi connectivity index (χ4v) is 2.06. The monoisotopic (exact) mass is 279 g/mol. The molecule has 0 aliphatic carbocycles. The van der Waals surface area contributed by atoms with Crippen LogP contribution in [0.25, 0.3) is 0 Å². The van der Waals surface area contributed by atoms with Gasteiger partial charge in [0.15, 0.2) is 5.82 Å². The molecule has 0 aliphatic heterocycles. The van der Waals surface area contributed by atoms with E-state index < -0.39 is 0 Å². The van der Waals surface area contributed by atoms with Crippen LogP contribution in [0, 0.1) is 0 Å². The Kier molecular flexibility index (Phi) is 4.24. The molecule has 0 atom stereocenters. The lowest BCUT2D eigenvalue weighted by Gasteiger charge is -2.02. The number of hydrogen-bond donors (Lipinski definition) is 2. The molecule has 0 unspecified atom stereocenters. The maximum Gasteiger partial charge on any atom is 0.242 e. The number of carbonyl (C=O) groups is 2. The summed E-state index contributed by atoms with van der Waals surface area (Å²) in [5.74, 6) is -0.0552. The van der Waals surface area contributed by atoms with E-state index in [9.17, 15) is 9.59 Å². The zero-order valence-electron chi connectivity index (χ0n) is 10.3. The predicted molar refractivity (Wildman–Crippen MR) is 70.5 cm³/mol. The number of anilines is 1. The first-order valence-corrected chi connectivity index (χ1v) is 6.48. The van der Waals surface area contributed by atoms with E-state index in [1.54, 1.807) is 11.3 Å². The fraction of sp³-hybridized carbons (Fsp3) is 0.273. The van der Waals surface area contributed by atoms with Crippen LogP contribution in [0.2, 0.25) is 0 Å². The van der Waals surface area contributed by atoms with E-state index in [2.05, 4.69) is 20.9 Å². The predicted octanol–water partition coefficient (Wildman–Crippen LogP) is 0.614. The molecule has 2 aromatic heterocycles. The lowest BCUT2D eigenvalue weighted by Crippen LogP contribution is -2.27. The molecule has 19 heavy (non-hydrogen) atoms. The minimum absolute atomic E-state index is 0.0674. The van der Waals surface area contributed by atoms with Crippen LogP contribution >= 0.6 is 11.3 Å². The number of hydrogen-bond acceptors (Lipinski definition) is 5. The SMILES string of the molecule is CC(=O)Nc1cn(CC(=O)NCc2cccs2)nn1. The molecule has 2 heterocycles. The number of thiophene rings is 1. The lowest BCUT2D eigenvalue weighted by atomic mass is 10.4. The molecule has 2 amide bonds. The Morgan fingerprint density at radius 1 is 1.47 bits per heavy atom. The lowest BCUT2D eigenvalue weighted by molar-refractivity contribution is -0.122. The first-order chi connectivity index (χ1) is 9.13. The van der Waals surface area contributed by atoms with Crippen LogP contribution in [-0.4, -0.2) is 26.8 Å². The van der Waals surface area contributed by atoms with E-state index in [1.165, 1.54) is 17.8 Å². The van der Waals surface area contributed by atoms with Crippen molar-refractivity contribution >= 4 is 29.0 Å². The second kappa shape index (κ2) is 6.10. The van der Waals surface area contributed by atoms with E-state index in [4.69, 9.17) is 0 Å². The third kappa shape index (κ3) is 4.18. The zero-order chi connectivity index (χ0) is 13.7. The quantitative estimate of drug-likeness (QED) is 0.839. The molecule has 7 nitrogen and oxygen atoms in total. The van der Waals surface area contributed by atoms with Crippen molar-refractivity contribution < 1.29 is 9.59 Å². The molecule has 0 aliphatic rings. The van der Waals surface area contributed by atoms with Crippen LogP contribution in [0.1, 0.15) is 11.8 Å². The van der Waals surface area contributed by atoms with Crippen molar-refractivity contribution in [3.63, 3.8) is 0 Å². The number of aromatic nitrogens is 3. The van der Waals surface area contributed by atoms with E-state index in [1.807, 2.05) is 17.5 Å². The van der Waals surface area contributed by atoms with Gasteiger partial charge in [0, 0.05) is 11.8 Å². The topological polar surface area (TPSA) is 88.9 Å². The molecular formula is C11H13N5O2S. The molecular weight excluding hydrogens is 266 g/mol. The highest BCUT2D eigenvalue weighted by Crippen LogP contribution is 2.07. The van der Waals surface area contributed by atoms with Crippen molar-refractivity contribution in [2.45, 2.75) is 20.0 Å². The Morgan fingerprint density at radius 2 is 2.32 bits per heavy atom. The number of amides is 2. The first-order valence-electron chi connectivity index (χ1n) is 5.60. The van der Waals surface area contributed by atoms with E-state index in [0.717, 1.165) is 4.88 Å². The molecule has 0 saturated heterocycles. The summed E-state index contributed by atoms with van der Waals surface area (Å²) in [4.78, 5) is 23.6. The average molecular weight is 279 g/mol. The van der Waals surface area contributed by atoms with Gasteiger partial charge in [-0.3, -0.25) is 9.59 Å². The summed E-state index contributed by atoms with van der Waals surface area (Å²) in [5, 5.41) is 14.7. The summed E-state index contributed by atoms with van der Waals surface area (Å²) < 4.78 is 1.37. The number of nitrogens with one attached hydrogen (secondary N) is 2. The van der Waals surface area contributed by atoms with Gasteiger partial charge in [0.1, 0.15) is 6.54 Å². The molecule has 0 aromatic carbocycles. The number of carbonyl (C=O) groups excluding carboxylic acids is 2. The van der Waals surface area contributed by atoms with Crippen LogP contribution in [0.4, 0.5) is 5.82 Å². The van der Waals surface area contributed by atoms with Crippen LogP contribution < -0.4 is 10.6 Å². The second-order valence-corrected chi connectivity index (χ2v) is 4.87. The Morgan fingerprint density at radius 3 is 3.00 bits per heavy atom. The Bertz CT molecular complexity index is 563. The van der Waals surface area contributed by atoms with Crippen molar-refractivity contribution in [2.24, 2.45) is 0 Å². The van der Waals surface area contributed by atoms with Gasteiger partial charge in [-0.05, 0) is 11.4 Å². The molecule has 100 valence electrons. The molecule has 2 rings (SSSR count). The Hall–Kier alpha value is -2.22. The van der Waals surface area contributed by atoms with Gasteiger partial charge in [0.25, 0.3) is 0 Å². The highest BCUT2D eigenvalue weighted by Gasteiger charge is 2.06. The molecule has 8 heteroatoms. The fourth-order valence-electron chi connectivity index (χ4n) is 1.42. The van der Waals surface area contributed by atoms with Gasteiger partial charge in [0.2, 0.25) is 11.8 Å². The standard InChI is InChI=1S/C11H13N5O2S/c1-8(17)13-10-6-16(15-14-10)7-11(18)12-5-9-3-2-4-19-9/h2-4,6H,5,7H2,1H3,(H,12,18)(H,13,17). The second-order valence-electron chi connectivity index (χ2n) is 3.84. The summed E-state index contributed by atoms with van der Waals surface area (Å²) in [6, 6.07) is 3.89. The van der Waals surface area contributed by atoms with Crippen LogP contribution in [0.15, 0.2) is 23.7 Å². The van der Waals surface area contributed by atoms with Crippen molar-refractivity contribution in [1.82, 2.24) is 20.3 Å². The normalized spacial score (nSPS) is 10.2. The number of nitrogens with zero attached hydrogens (tertiary/aromatic N) is 3. The van der Waals surface area contributed by atoms with Crippen molar-refractivity contribution in [3.05, 3.63) is 28.6 Å². The van der Waals surface area contributed by atoms with E-state index >= 15 is 0 Å². The van der Waals surface area contributed by atoms with Crippen molar-refractivity contribution in [2.75, 3.05) is 5.32 Å². The van der Waals surface area contributed by atoms with Gasteiger partial charge in [-0.25, -0.2) is 4.68 Å². The summed E-state index contributed by atoms with van der Waals surface area (Å²) in [7, 11) is 0. The van der Waals surface area contributed by atoms with Gasteiger partial charge in [-0.15, -0.1) is 16.4 Å². The van der Waals surface area contributed by atoms with Gasteiger partial charge in [-0.1, -0.05) is 11.3 Å². The summed E-state index contributed by atoms with van der Waals surface area (Å²) in [6.07, 6.45) is 1.51. The highest BCUT2D eigenvalue weighted by atomic mass is 32.1. The van der Waals surface area contributed by atoms with Crippen LogP contribution in [0.3, 0.4) is 0 Å². The summed E-state index contributed by atoms with van der Waals surface area (Å²) in [5.41, 5.74) is 0. The van der Waals surface area contributed by atoms with Gasteiger partial charge < -0.3 is 10.6 Å². The third-order valence-electron chi connectivity index (χ3n) is 2.19. The van der Waals surface area contributed by atoms with E-state index in [-0.39, 0.29) is 18.4 Å². The molecule has 2 N–H and O–H groups in total. The maximum absolute atomic E-state index is 11.7. The average Bonchev–Trinajstić information content (AvgIpc) is 2.97. The maximum atomic E-state index is 11.7. The van der Waals surface area contributed by atoms with E-state index in [0.29, 0.717) is 12.4 Å². The minimum Gasteiger partial charge on any atom is -0.350 e. The smallest absolute Gasteiger partial charge is 0.242 e. The van der Waals surface area contributed by atoms with Crippen molar-refractivity contribution in [3.8, 4) is 0 Å². The molecule has 0 spiro atoms. The molecule has 0 saturated carbocycles. The van der Waals surface area contributed by atoms with Gasteiger partial charge in [0.05, 0.1) is 12.7 Å². The Balaban J connectivity index is 1.81.